The van der Waals surface area contributed by atoms with Crippen molar-refractivity contribution in [1.29, 1.82) is 0 Å². The third-order valence-electron chi connectivity index (χ3n) is 6.22. The minimum absolute atomic E-state index is 0.0310. The first kappa shape index (κ1) is 21.0. The quantitative estimate of drug-likeness (QED) is 0.707. The average molecular weight is 415 g/mol. The van der Waals surface area contributed by atoms with Gasteiger partial charge in [0, 0.05) is 32.2 Å². The van der Waals surface area contributed by atoms with E-state index in [1.54, 1.807) is 0 Å². The summed E-state index contributed by atoms with van der Waals surface area (Å²) < 4.78 is 11.3. The van der Waals surface area contributed by atoms with Crippen LogP contribution in [0, 0.1) is 5.92 Å². The summed E-state index contributed by atoms with van der Waals surface area (Å²) in [5.41, 5.74) is 2.50. The molecule has 162 valence electrons. The van der Waals surface area contributed by atoms with Crippen molar-refractivity contribution in [2.45, 2.75) is 50.5 Å². The number of hydrogen-bond acceptors (Lipinski definition) is 5. The lowest BCUT2D eigenvalue weighted by molar-refractivity contribution is -0.138. The summed E-state index contributed by atoms with van der Waals surface area (Å²) in [4.78, 5) is 27.2. The van der Waals surface area contributed by atoms with Gasteiger partial charge in [0.2, 0.25) is 11.8 Å². The standard InChI is InChI=1S/C23H30N2O5/c26-15-21-20(24-23(28)17-8-11-29-12-9-17)6-5-19(30-21)13-22(27)25-10-7-16-3-1-2-4-18(16)14-25/h1-6,17,19-21,26H,7-15H2,(H,24,28)/t19-,20+,21-/m1/s1. The van der Waals surface area contributed by atoms with Crippen LogP contribution in [-0.4, -0.2) is 66.4 Å². The van der Waals surface area contributed by atoms with Gasteiger partial charge in [-0.25, -0.2) is 0 Å². The molecule has 1 saturated heterocycles. The van der Waals surface area contributed by atoms with Gasteiger partial charge in [-0.05, 0) is 30.4 Å². The molecule has 4 rings (SSSR count). The fraction of sp³-hybridized carbons (Fsp3) is 0.565. The van der Waals surface area contributed by atoms with Crippen LogP contribution in [0.2, 0.25) is 0 Å². The van der Waals surface area contributed by atoms with Gasteiger partial charge in [0.1, 0.15) is 6.10 Å². The van der Waals surface area contributed by atoms with Crippen LogP contribution >= 0.6 is 0 Å². The molecule has 3 heterocycles. The van der Waals surface area contributed by atoms with Crippen LogP contribution in [0.4, 0.5) is 0 Å². The predicted molar refractivity (Wildman–Crippen MR) is 111 cm³/mol. The second-order valence-electron chi connectivity index (χ2n) is 8.24. The molecule has 0 aromatic heterocycles. The molecule has 0 aliphatic carbocycles. The van der Waals surface area contributed by atoms with Crippen LogP contribution in [0.3, 0.4) is 0 Å². The van der Waals surface area contributed by atoms with Gasteiger partial charge in [0.15, 0.2) is 0 Å². The highest BCUT2D eigenvalue weighted by atomic mass is 16.5. The molecule has 1 fully saturated rings. The average Bonchev–Trinajstić information content (AvgIpc) is 2.80. The molecule has 30 heavy (non-hydrogen) atoms. The van der Waals surface area contributed by atoms with Gasteiger partial charge in [-0.1, -0.05) is 36.4 Å². The van der Waals surface area contributed by atoms with E-state index in [2.05, 4.69) is 17.4 Å². The number of hydrogen-bond donors (Lipinski definition) is 2. The fourth-order valence-corrected chi connectivity index (χ4v) is 4.39. The molecule has 0 saturated carbocycles. The number of carbonyl (C=O) groups excluding carboxylic acids is 2. The lowest BCUT2D eigenvalue weighted by Crippen LogP contribution is -2.51. The van der Waals surface area contributed by atoms with Gasteiger partial charge in [-0.15, -0.1) is 0 Å². The summed E-state index contributed by atoms with van der Waals surface area (Å²) in [6.45, 7) is 2.32. The molecule has 0 radical (unpaired) electrons. The van der Waals surface area contributed by atoms with Gasteiger partial charge in [0.25, 0.3) is 0 Å². The maximum absolute atomic E-state index is 12.8. The Kier molecular flexibility index (Phi) is 6.82. The van der Waals surface area contributed by atoms with Crippen molar-refractivity contribution in [1.82, 2.24) is 10.2 Å². The van der Waals surface area contributed by atoms with Crippen LogP contribution in [-0.2, 0) is 32.0 Å². The first-order valence-electron chi connectivity index (χ1n) is 10.8. The highest BCUT2D eigenvalue weighted by Crippen LogP contribution is 2.22. The smallest absolute Gasteiger partial charge is 0.225 e. The molecule has 7 nitrogen and oxygen atoms in total. The maximum atomic E-state index is 12.8. The second-order valence-corrected chi connectivity index (χ2v) is 8.24. The molecule has 7 heteroatoms. The summed E-state index contributed by atoms with van der Waals surface area (Å²) in [5, 5.41) is 12.7. The number of fused-ring (bicyclic) bond motifs is 1. The Morgan fingerprint density at radius 3 is 2.67 bits per heavy atom. The zero-order valence-electron chi connectivity index (χ0n) is 17.2. The third-order valence-corrected chi connectivity index (χ3v) is 6.22. The monoisotopic (exact) mass is 414 g/mol. The zero-order valence-corrected chi connectivity index (χ0v) is 17.2. The highest BCUT2D eigenvalue weighted by Gasteiger charge is 2.32. The molecule has 0 unspecified atom stereocenters. The number of carbonyl (C=O) groups is 2. The molecule has 3 aliphatic rings. The van der Waals surface area contributed by atoms with E-state index in [0.717, 1.165) is 6.42 Å². The Bertz CT molecular complexity index is 790. The van der Waals surface area contributed by atoms with Crippen LogP contribution < -0.4 is 5.32 Å². The van der Waals surface area contributed by atoms with Gasteiger partial charge < -0.3 is 24.8 Å². The number of rotatable bonds is 5. The summed E-state index contributed by atoms with van der Waals surface area (Å²) in [6, 6.07) is 7.83. The number of nitrogens with zero attached hydrogens (tertiary/aromatic N) is 1. The van der Waals surface area contributed by atoms with E-state index in [1.165, 1.54) is 11.1 Å². The molecular formula is C23H30N2O5. The molecule has 3 atom stereocenters. The van der Waals surface area contributed by atoms with Crippen molar-refractivity contribution < 1.29 is 24.2 Å². The molecule has 1 aromatic rings. The Hall–Kier alpha value is -2.22. The van der Waals surface area contributed by atoms with Crippen molar-refractivity contribution in [2.75, 3.05) is 26.4 Å². The Balaban J connectivity index is 1.32. The summed E-state index contributed by atoms with van der Waals surface area (Å²) in [6.07, 6.45) is 5.24. The van der Waals surface area contributed by atoms with E-state index in [9.17, 15) is 14.7 Å². The van der Waals surface area contributed by atoms with Crippen molar-refractivity contribution in [3.63, 3.8) is 0 Å². The first-order valence-corrected chi connectivity index (χ1v) is 10.8. The maximum Gasteiger partial charge on any atom is 0.225 e. The van der Waals surface area contributed by atoms with Crippen molar-refractivity contribution in [3.8, 4) is 0 Å². The molecule has 2 amide bonds. The van der Waals surface area contributed by atoms with Gasteiger partial charge in [-0.2, -0.15) is 0 Å². The molecule has 0 spiro atoms. The topological polar surface area (TPSA) is 88.1 Å². The van der Waals surface area contributed by atoms with Gasteiger partial charge >= 0.3 is 0 Å². The summed E-state index contributed by atoms with van der Waals surface area (Å²) >= 11 is 0. The van der Waals surface area contributed by atoms with E-state index in [4.69, 9.17) is 9.47 Å². The Morgan fingerprint density at radius 1 is 1.13 bits per heavy atom. The SMILES string of the molecule is O=C(N[C@H]1C=C[C@H](CC(=O)N2CCc3ccccc3C2)O[C@@H]1CO)C1CCOCC1. The van der Waals surface area contributed by atoms with E-state index in [1.807, 2.05) is 29.2 Å². The number of nitrogens with one attached hydrogen (secondary N) is 1. The second kappa shape index (κ2) is 9.73. The fourth-order valence-electron chi connectivity index (χ4n) is 4.39. The van der Waals surface area contributed by atoms with E-state index in [0.29, 0.717) is 39.1 Å². The van der Waals surface area contributed by atoms with E-state index in [-0.39, 0.29) is 30.8 Å². The normalized spacial score (nSPS) is 26.8. The van der Waals surface area contributed by atoms with E-state index < -0.39 is 18.2 Å². The zero-order chi connectivity index (χ0) is 20.9. The summed E-state index contributed by atoms with van der Waals surface area (Å²) in [7, 11) is 0. The minimum Gasteiger partial charge on any atom is -0.394 e. The van der Waals surface area contributed by atoms with Crippen molar-refractivity contribution in [3.05, 3.63) is 47.5 Å². The van der Waals surface area contributed by atoms with Crippen LogP contribution in [0.5, 0.6) is 0 Å². The predicted octanol–water partition coefficient (Wildman–Crippen LogP) is 1.19. The van der Waals surface area contributed by atoms with Crippen molar-refractivity contribution >= 4 is 11.8 Å². The largest absolute Gasteiger partial charge is 0.394 e. The van der Waals surface area contributed by atoms with Gasteiger partial charge in [-0.3, -0.25) is 9.59 Å². The van der Waals surface area contributed by atoms with E-state index >= 15 is 0 Å². The lowest BCUT2D eigenvalue weighted by Gasteiger charge is -2.34. The molecule has 1 aromatic carbocycles. The Labute approximate surface area is 177 Å². The minimum atomic E-state index is -0.557. The number of benzene rings is 1. The Morgan fingerprint density at radius 2 is 1.90 bits per heavy atom. The first-order chi connectivity index (χ1) is 14.6. The lowest BCUT2D eigenvalue weighted by atomic mass is 9.97. The summed E-state index contributed by atoms with van der Waals surface area (Å²) in [5.74, 6) is -0.0511. The number of aliphatic hydroxyl groups is 1. The molecule has 0 bridgehead atoms. The third kappa shape index (κ3) is 4.91. The highest BCUT2D eigenvalue weighted by molar-refractivity contribution is 5.79. The van der Waals surface area contributed by atoms with Crippen LogP contribution in [0.1, 0.15) is 30.4 Å². The molecule has 3 aliphatic heterocycles. The molecular weight excluding hydrogens is 384 g/mol. The van der Waals surface area contributed by atoms with Gasteiger partial charge in [0.05, 0.1) is 25.2 Å². The number of amides is 2. The number of ether oxygens (including phenoxy) is 2. The van der Waals surface area contributed by atoms with Crippen molar-refractivity contribution in [2.24, 2.45) is 5.92 Å². The van der Waals surface area contributed by atoms with Crippen LogP contribution in [0.15, 0.2) is 36.4 Å². The number of aliphatic hydroxyl groups excluding tert-OH is 1. The van der Waals surface area contributed by atoms with Crippen LogP contribution in [0.25, 0.3) is 0 Å². The molecule has 2 N–H and O–H groups in total.